The summed E-state index contributed by atoms with van der Waals surface area (Å²) in [6.07, 6.45) is 14.6. The first-order chi connectivity index (χ1) is 17.1. The number of nitrogens with one attached hydrogen (secondary N) is 1. The fraction of sp³-hybridized carbons (Fsp3) is 0.806. The summed E-state index contributed by atoms with van der Waals surface area (Å²) < 4.78 is 6.44. The first kappa shape index (κ1) is 33.3. The fourth-order valence-corrected chi connectivity index (χ4v) is 5.30. The van der Waals surface area contributed by atoms with Crippen LogP contribution >= 0.6 is 0 Å². The largest absolute Gasteiger partial charge is 0.415 e. The molecule has 0 unspecified atom stereocenters. The number of benzene rings is 1. The highest BCUT2D eigenvalue weighted by Gasteiger charge is 2.38. The maximum absolute atomic E-state index is 11.1. The number of unbranched alkanes of at least 4 members (excludes halogenated alkanes) is 11. The zero-order chi connectivity index (χ0) is 26.9. The number of aliphatic hydroxyl groups excluding tert-OH is 2. The molecule has 1 rings (SSSR count). The molecule has 36 heavy (non-hydrogen) atoms. The Balaban J connectivity index is 2.40. The number of hydrogen-bond donors (Lipinski definition) is 3. The van der Waals surface area contributed by atoms with Gasteiger partial charge in [-0.15, -0.1) is 0 Å². The molecule has 3 atom stereocenters. The SMILES string of the molecule is CCCCCCCCCCCCCC[C@@H](O)[C@@H](O)[C@H](CO[Si](C)(C)C(C)(C)C)NCc1ccccc1. The fourth-order valence-electron chi connectivity index (χ4n) is 4.27. The van der Waals surface area contributed by atoms with Gasteiger partial charge in [0, 0.05) is 6.54 Å². The second-order valence-corrected chi connectivity index (χ2v) is 17.1. The summed E-state index contributed by atoms with van der Waals surface area (Å²) in [5.41, 5.74) is 1.16. The van der Waals surface area contributed by atoms with Gasteiger partial charge in [-0.25, -0.2) is 0 Å². The minimum absolute atomic E-state index is 0.107. The molecule has 0 amide bonds. The monoisotopic (exact) mass is 521 g/mol. The summed E-state index contributed by atoms with van der Waals surface area (Å²) in [5.74, 6) is 0. The number of hydrogen-bond acceptors (Lipinski definition) is 4. The molecule has 0 saturated carbocycles. The average molecular weight is 522 g/mol. The molecule has 0 aliphatic carbocycles. The van der Waals surface area contributed by atoms with Gasteiger partial charge in [-0.2, -0.15) is 0 Å². The van der Waals surface area contributed by atoms with Crippen molar-refractivity contribution in [2.75, 3.05) is 6.61 Å². The Kier molecular flexibility index (Phi) is 17.1. The summed E-state index contributed by atoms with van der Waals surface area (Å²) in [5, 5.41) is 25.4. The lowest BCUT2D eigenvalue weighted by atomic mass is 9.99. The Bertz CT molecular complexity index is 647. The molecule has 3 N–H and O–H groups in total. The van der Waals surface area contributed by atoms with Gasteiger partial charge in [-0.3, -0.25) is 0 Å². The van der Waals surface area contributed by atoms with Crippen molar-refractivity contribution in [1.29, 1.82) is 0 Å². The van der Waals surface area contributed by atoms with Crippen LogP contribution in [0.1, 0.15) is 117 Å². The first-order valence-electron chi connectivity index (χ1n) is 14.9. The predicted molar refractivity (Wildman–Crippen MR) is 158 cm³/mol. The third kappa shape index (κ3) is 14.3. The van der Waals surface area contributed by atoms with Crippen LogP contribution in [0.2, 0.25) is 18.1 Å². The van der Waals surface area contributed by atoms with Crippen LogP contribution in [0.3, 0.4) is 0 Å². The van der Waals surface area contributed by atoms with E-state index in [1.54, 1.807) is 0 Å². The van der Waals surface area contributed by atoms with Gasteiger partial charge in [-0.1, -0.05) is 135 Å². The van der Waals surface area contributed by atoms with Crippen molar-refractivity contribution < 1.29 is 14.6 Å². The highest BCUT2D eigenvalue weighted by molar-refractivity contribution is 6.74. The van der Waals surface area contributed by atoms with E-state index >= 15 is 0 Å². The van der Waals surface area contributed by atoms with Crippen LogP contribution in [-0.2, 0) is 11.0 Å². The lowest BCUT2D eigenvalue weighted by molar-refractivity contribution is -0.0202. The minimum Gasteiger partial charge on any atom is -0.415 e. The predicted octanol–water partition coefficient (Wildman–Crippen LogP) is 7.98. The van der Waals surface area contributed by atoms with Gasteiger partial charge in [0.1, 0.15) is 0 Å². The molecule has 0 aliphatic heterocycles. The molecule has 0 radical (unpaired) electrons. The zero-order valence-corrected chi connectivity index (χ0v) is 25.5. The first-order valence-corrected chi connectivity index (χ1v) is 17.8. The van der Waals surface area contributed by atoms with Crippen molar-refractivity contribution in [2.24, 2.45) is 0 Å². The van der Waals surface area contributed by atoms with Gasteiger partial charge < -0.3 is 20.0 Å². The van der Waals surface area contributed by atoms with E-state index in [0.717, 1.165) is 18.4 Å². The van der Waals surface area contributed by atoms with Crippen LogP contribution < -0.4 is 5.32 Å². The maximum Gasteiger partial charge on any atom is 0.192 e. The molecular formula is C31H59NO3Si. The Morgan fingerprint density at radius 2 is 1.31 bits per heavy atom. The molecule has 5 heteroatoms. The molecule has 0 fully saturated rings. The maximum atomic E-state index is 11.1. The van der Waals surface area contributed by atoms with Gasteiger partial charge in [-0.05, 0) is 30.1 Å². The minimum atomic E-state index is -1.95. The van der Waals surface area contributed by atoms with Crippen molar-refractivity contribution >= 4 is 8.32 Å². The van der Waals surface area contributed by atoms with Crippen molar-refractivity contribution in [1.82, 2.24) is 5.32 Å². The Morgan fingerprint density at radius 3 is 1.81 bits per heavy atom. The molecule has 0 heterocycles. The quantitative estimate of drug-likeness (QED) is 0.113. The number of rotatable bonds is 21. The molecule has 0 spiro atoms. The summed E-state index contributed by atoms with van der Waals surface area (Å²) >= 11 is 0. The van der Waals surface area contributed by atoms with Gasteiger partial charge in [0.25, 0.3) is 0 Å². The van der Waals surface area contributed by atoms with Gasteiger partial charge in [0.2, 0.25) is 0 Å². The smallest absolute Gasteiger partial charge is 0.192 e. The van der Waals surface area contributed by atoms with E-state index < -0.39 is 20.5 Å². The average Bonchev–Trinajstić information content (AvgIpc) is 2.84. The van der Waals surface area contributed by atoms with E-state index in [1.807, 2.05) is 18.2 Å². The van der Waals surface area contributed by atoms with Gasteiger partial charge >= 0.3 is 0 Å². The summed E-state index contributed by atoms with van der Waals surface area (Å²) in [6, 6.07) is 9.91. The summed E-state index contributed by atoms with van der Waals surface area (Å²) in [4.78, 5) is 0. The zero-order valence-electron chi connectivity index (χ0n) is 24.5. The van der Waals surface area contributed by atoms with Crippen LogP contribution in [0.15, 0.2) is 30.3 Å². The third-order valence-electron chi connectivity index (χ3n) is 8.00. The van der Waals surface area contributed by atoms with Crippen LogP contribution in [0.5, 0.6) is 0 Å². The van der Waals surface area contributed by atoms with Crippen LogP contribution in [0.4, 0.5) is 0 Å². The normalized spacial score (nSPS) is 15.1. The van der Waals surface area contributed by atoms with Crippen molar-refractivity contribution in [2.45, 2.75) is 154 Å². The Hall–Kier alpha value is -0.723. The topological polar surface area (TPSA) is 61.7 Å². The van der Waals surface area contributed by atoms with E-state index in [-0.39, 0.29) is 11.1 Å². The van der Waals surface area contributed by atoms with Crippen LogP contribution in [-0.4, -0.2) is 43.4 Å². The van der Waals surface area contributed by atoms with Crippen molar-refractivity contribution in [3.8, 4) is 0 Å². The molecule has 4 nitrogen and oxygen atoms in total. The molecule has 0 saturated heterocycles. The highest BCUT2D eigenvalue weighted by Crippen LogP contribution is 2.36. The summed E-state index contributed by atoms with van der Waals surface area (Å²) in [7, 11) is -1.95. The van der Waals surface area contributed by atoms with Crippen LogP contribution in [0, 0.1) is 0 Å². The van der Waals surface area contributed by atoms with Crippen molar-refractivity contribution in [3.63, 3.8) is 0 Å². The molecule has 1 aromatic carbocycles. The van der Waals surface area contributed by atoms with Crippen molar-refractivity contribution in [3.05, 3.63) is 35.9 Å². The highest BCUT2D eigenvalue weighted by atomic mass is 28.4. The second-order valence-electron chi connectivity index (χ2n) is 12.3. The van der Waals surface area contributed by atoms with Gasteiger partial charge in [0.15, 0.2) is 8.32 Å². The van der Waals surface area contributed by atoms with E-state index in [9.17, 15) is 10.2 Å². The van der Waals surface area contributed by atoms with E-state index in [0.29, 0.717) is 19.6 Å². The number of aliphatic hydroxyl groups is 2. The van der Waals surface area contributed by atoms with E-state index in [1.165, 1.54) is 64.2 Å². The standard InChI is InChI=1S/C31H59NO3Si/c1-7-8-9-10-11-12-13-14-15-16-17-21-24-29(33)30(34)28(26-35-36(5,6)31(2,3)4)32-25-27-22-19-18-20-23-27/h18-20,22-23,28-30,32-34H,7-17,21,24-26H2,1-6H3/t28-,29+,30-/m0/s1. The Labute approximate surface area is 224 Å². The van der Waals surface area contributed by atoms with E-state index in [4.69, 9.17) is 4.43 Å². The molecule has 0 bridgehead atoms. The molecule has 0 aromatic heterocycles. The summed E-state index contributed by atoms with van der Waals surface area (Å²) in [6.45, 7) is 14.5. The van der Waals surface area contributed by atoms with E-state index in [2.05, 4.69) is 58.2 Å². The Morgan fingerprint density at radius 1 is 0.806 bits per heavy atom. The molecule has 210 valence electrons. The molecular weight excluding hydrogens is 462 g/mol. The lowest BCUT2D eigenvalue weighted by Crippen LogP contribution is -2.52. The van der Waals surface area contributed by atoms with Gasteiger partial charge in [0.05, 0.1) is 24.9 Å². The lowest BCUT2D eigenvalue weighted by Gasteiger charge is -2.38. The second kappa shape index (κ2) is 18.5. The molecule has 1 aromatic rings. The van der Waals surface area contributed by atoms with Crippen LogP contribution in [0.25, 0.3) is 0 Å². The molecule has 0 aliphatic rings. The third-order valence-corrected chi connectivity index (χ3v) is 12.5.